The van der Waals surface area contributed by atoms with Gasteiger partial charge >= 0.3 is 5.97 Å². The van der Waals surface area contributed by atoms with Gasteiger partial charge in [-0.15, -0.1) is 0 Å². The lowest BCUT2D eigenvalue weighted by atomic mass is 9.92. The number of aromatic amines is 1. The van der Waals surface area contributed by atoms with Gasteiger partial charge in [0.1, 0.15) is 18.1 Å². The van der Waals surface area contributed by atoms with Gasteiger partial charge in [0.2, 0.25) is 0 Å². The van der Waals surface area contributed by atoms with Crippen molar-refractivity contribution in [2.75, 3.05) is 0 Å². The summed E-state index contributed by atoms with van der Waals surface area (Å²) in [5.41, 5.74) is 3.61. The number of benzene rings is 2. The second-order valence-electron chi connectivity index (χ2n) is 8.85. The normalized spacial score (nSPS) is 16.1. The lowest BCUT2D eigenvalue weighted by Gasteiger charge is -2.23. The molecule has 2 aromatic heterocycles. The smallest absolute Gasteiger partial charge is 0.304 e. The van der Waals surface area contributed by atoms with Crippen LogP contribution in [0.1, 0.15) is 67.4 Å². The van der Waals surface area contributed by atoms with Crippen LogP contribution in [0.5, 0.6) is 5.75 Å². The van der Waals surface area contributed by atoms with Crippen LogP contribution in [0.3, 0.4) is 0 Å². The van der Waals surface area contributed by atoms with E-state index in [9.17, 15) is 9.90 Å². The number of hydrogen-bond donors (Lipinski definition) is 2. The molecule has 0 saturated heterocycles. The Morgan fingerprint density at radius 1 is 1.12 bits per heavy atom. The summed E-state index contributed by atoms with van der Waals surface area (Å²) < 4.78 is 11.4. The molecule has 0 aliphatic heterocycles. The number of nitrogens with one attached hydrogen (secondary N) is 1. The van der Waals surface area contributed by atoms with E-state index >= 15 is 0 Å². The van der Waals surface area contributed by atoms with Gasteiger partial charge in [0.25, 0.3) is 0 Å². The zero-order valence-electron chi connectivity index (χ0n) is 18.3. The molecule has 2 unspecified atom stereocenters. The molecule has 2 N–H and O–H groups in total. The molecule has 1 aliphatic carbocycles. The van der Waals surface area contributed by atoms with Crippen LogP contribution in [0.15, 0.2) is 65.5 Å². The summed E-state index contributed by atoms with van der Waals surface area (Å²) in [6.07, 6.45) is 9.23. The molecule has 1 aliphatic rings. The highest BCUT2D eigenvalue weighted by Crippen LogP contribution is 2.37. The van der Waals surface area contributed by atoms with E-state index in [1.807, 2.05) is 30.5 Å². The molecule has 2 aromatic carbocycles. The Morgan fingerprint density at radius 2 is 1.91 bits per heavy atom. The Hall–Kier alpha value is -3.61. The Kier molecular flexibility index (Phi) is 6.11. The van der Waals surface area contributed by atoms with Crippen LogP contribution in [-0.2, 0) is 4.79 Å². The highest BCUT2D eigenvalue weighted by atomic mass is 16.5. The summed E-state index contributed by atoms with van der Waals surface area (Å²) in [5.74, 6) is 0.182. The number of aliphatic carboxylic acids is 1. The first kappa shape index (κ1) is 21.2. The Bertz CT molecular complexity index is 1190. The predicted octanol–water partition coefficient (Wildman–Crippen LogP) is 5.86. The zero-order chi connectivity index (χ0) is 22.6. The molecule has 0 bridgehead atoms. The SMILES string of the molecule is O=C(O)CC(c1ccc(OC(CC2CCCC2)c2ccc3cn[nH]c3c2)cc1)c1ccon1. The fraction of sp³-hybridized carbons (Fsp3) is 0.346. The van der Waals surface area contributed by atoms with Gasteiger partial charge < -0.3 is 14.4 Å². The van der Waals surface area contributed by atoms with Crippen LogP contribution < -0.4 is 4.74 Å². The molecule has 170 valence electrons. The molecule has 2 atom stereocenters. The molecule has 1 fully saturated rings. The minimum Gasteiger partial charge on any atom is -0.486 e. The Labute approximate surface area is 191 Å². The van der Waals surface area contributed by atoms with E-state index in [1.165, 1.54) is 31.9 Å². The van der Waals surface area contributed by atoms with E-state index in [2.05, 4.69) is 33.6 Å². The molecule has 7 heteroatoms. The fourth-order valence-corrected chi connectivity index (χ4v) is 4.87. The van der Waals surface area contributed by atoms with E-state index in [0.29, 0.717) is 11.6 Å². The molecule has 5 rings (SSSR count). The number of carbonyl (C=O) groups is 1. The highest BCUT2D eigenvalue weighted by Gasteiger charge is 2.24. The molecule has 0 radical (unpaired) electrons. The van der Waals surface area contributed by atoms with E-state index in [-0.39, 0.29) is 18.4 Å². The van der Waals surface area contributed by atoms with Crippen molar-refractivity contribution in [2.24, 2.45) is 5.92 Å². The molecule has 0 spiro atoms. The lowest BCUT2D eigenvalue weighted by molar-refractivity contribution is -0.137. The summed E-state index contributed by atoms with van der Waals surface area (Å²) in [4.78, 5) is 11.4. The first-order valence-corrected chi connectivity index (χ1v) is 11.5. The first-order valence-electron chi connectivity index (χ1n) is 11.5. The van der Waals surface area contributed by atoms with Gasteiger partial charge in [-0.1, -0.05) is 55.1 Å². The van der Waals surface area contributed by atoms with Crippen molar-refractivity contribution in [1.82, 2.24) is 15.4 Å². The molecule has 1 saturated carbocycles. The van der Waals surface area contributed by atoms with Crippen molar-refractivity contribution in [3.63, 3.8) is 0 Å². The van der Waals surface area contributed by atoms with Gasteiger partial charge in [-0.3, -0.25) is 9.89 Å². The van der Waals surface area contributed by atoms with E-state index < -0.39 is 5.97 Å². The maximum atomic E-state index is 11.4. The van der Waals surface area contributed by atoms with Crippen molar-refractivity contribution in [3.8, 4) is 5.75 Å². The van der Waals surface area contributed by atoms with Gasteiger partial charge in [0, 0.05) is 17.4 Å². The third-order valence-corrected chi connectivity index (χ3v) is 6.61. The number of hydrogen-bond acceptors (Lipinski definition) is 5. The van der Waals surface area contributed by atoms with E-state index in [0.717, 1.165) is 34.2 Å². The second-order valence-corrected chi connectivity index (χ2v) is 8.85. The highest BCUT2D eigenvalue weighted by molar-refractivity contribution is 5.78. The quantitative estimate of drug-likeness (QED) is 0.335. The summed E-state index contributed by atoms with van der Waals surface area (Å²) in [6, 6.07) is 15.7. The van der Waals surface area contributed by atoms with Crippen LogP contribution in [0.25, 0.3) is 10.9 Å². The van der Waals surface area contributed by atoms with E-state index in [4.69, 9.17) is 9.26 Å². The van der Waals surface area contributed by atoms with E-state index in [1.54, 1.807) is 6.07 Å². The van der Waals surface area contributed by atoms with Crippen LogP contribution in [0, 0.1) is 5.92 Å². The topological polar surface area (TPSA) is 101 Å². The molecular weight excluding hydrogens is 418 g/mol. The summed E-state index contributed by atoms with van der Waals surface area (Å²) in [5, 5.41) is 21.6. The second kappa shape index (κ2) is 9.48. The van der Waals surface area contributed by atoms with Gasteiger partial charge in [0.15, 0.2) is 0 Å². The first-order chi connectivity index (χ1) is 16.2. The van der Waals surface area contributed by atoms with Gasteiger partial charge in [0.05, 0.1) is 23.8 Å². The number of fused-ring (bicyclic) bond motifs is 1. The maximum Gasteiger partial charge on any atom is 0.304 e. The Balaban J connectivity index is 1.38. The number of H-pyrrole nitrogens is 1. The fourth-order valence-electron chi connectivity index (χ4n) is 4.87. The van der Waals surface area contributed by atoms with Crippen LogP contribution >= 0.6 is 0 Å². The third kappa shape index (κ3) is 4.92. The number of nitrogens with zero attached hydrogens (tertiary/aromatic N) is 2. The lowest BCUT2D eigenvalue weighted by Crippen LogP contribution is -2.12. The molecular formula is C26H27N3O4. The van der Waals surface area contributed by atoms with Crippen molar-refractivity contribution in [3.05, 3.63) is 77.8 Å². The van der Waals surface area contributed by atoms with Crippen LogP contribution in [0.2, 0.25) is 0 Å². The predicted molar refractivity (Wildman–Crippen MR) is 123 cm³/mol. The van der Waals surface area contributed by atoms with Crippen molar-refractivity contribution in [2.45, 2.75) is 50.5 Å². The average Bonchev–Trinajstić information content (AvgIpc) is 3.60. The standard InChI is InChI=1S/C26H27N3O4/c30-26(31)15-22(23-11-12-32-29-23)18-7-9-21(10-8-18)33-25(13-17-3-1-2-4-17)19-5-6-20-16-27-28-24(20)14-19/h5-12,14,16-17,22,25H,1-4,13,15H2,(H,27,28)(H,30,31). The maximum absolute atomic E-state index is 11.4. The van der Waals surface area contributed by atoms with Gasteiger partial charge in [-0.2, -0.15) is 5.10 Å². The third-order valence-electron chi connectivity index (χ3n) is 6.61. The summed E-state index contributed by atoms with van der Waals surface area (Å²) in [7, 11) is 0. The van der Waals surface area contributed by atoms with Crippen molar-refractivity contribution >= 4 is 16.9 Å². The molecule has 4 aromatic rings. The van der Waals surface area contributed by atoms with Crippen molar-refractivity contribution in [1.29, 1.82) is 0 Å². The summed E-state index contributed by atoms with van der Waals surface area (Å²) >= 11 is 0. The number of aromatic nitrogens is 3. The summed E-state index contributed by atoms with van der Waals surface area (Å²) in [6.45, 7) is 0. The minimum absolute atomic E-state index is 0.0543. The number of carboxylic acids is 1. The largest absolute Gasteiger partial charge is 0.486 e. The Morgan fingerprint density at radius 3 is 2.64 bits per heavy atom. The number of ether oxygens (including phenoxy) is 1. The molecule has 2 heterocycles. The molecule has 33 heavy (non-hydrogen) atoms. The number of carboxylic acid groups (broad SMARTS) is 1. The van der Waals surface area contributed by atoms with Gasteiger partial charge in [-0.25, -0.2) is 0 Å². The van der Waals surface area contributed by atoms with Crippen LogP contribution in [-0.4, -0.2) is 26.4 Å². The molecule has 0 amide bonds. The minimum atomic E-state index is -0.880. The average molecular weight is 446 g/mol. The zero-order valence-corrected chi connectivity index (χ0v) is 18.3. The van der Waals surface area contributed by atoms with Crippen LogP contribution in [0.4, 0.5) is 0 Å². The van der Waals surface area contributed by atoms with Gasteiger partial charge in [-0.05, 0) is 41.7 Å². The van der Waals surface area contributed by atoms with Crippen molar-refractivity contribution < 1.29 is 19.2 Å². The number of rotatable bonds is 9. The monoisotopic (exact) mass is 445 g/mol. The molecule has 7 nitrogen and oxygen atoms in total.